The van der Waals surface area contributed by atoms with Crippen LogP contribution in [0.3, 0.4) is 0 Å². The van der Waals surface area contributed by atoms with Crippen LogP contribution >= 0.6 is 11.6 Å². The molecule has 2 nitrogen and oxygen atoms in total. The molecule has 0 fully saturated rings. The second kappa shape index (κ2) is 2.62. The molecule has 0 aliphatic heterocycles. The molecule has 0 saturated carbocycles. The maximum Gasteiger partial charge on any atom is 0.0686 e. The summed E-state index contributed by atoms with van der Waals surface area (Å²) in [5.74, 6) is 0. The van der Waals surface area contributed by atoms with Gasteiger partial charge in [-0.1, -0.05) is 18.2 Å². The van der Waals surface area contributed by atoms with E-state index in [1.165, 1.54) is 0 Å². The lowest BCUT2D eigenvalue weighted by molar-refractivity contribution is 1.23. The average molecular weight is 133 g/mol. The van der Waals surface area contributed by atoms with Crippen LogP contribution in [0.25, 0.3) is 0 Å². The Labute approximate surface area is 53.8 Å². The van der Waals surface area contributed by atoms with E-state index in [0.29, 0.717) is 16.4 Å². The van der Waals surface area contributed by atoms with Gasteiger partial charge in [0.15, 0.2) is 0 Å². The summed E-state index contributed by atoms with van der Waals surface area (Å²) in [6.45, 7) is 5.05. The monoisotopic (exact) mass is 132 g/mol. The molecule has 0 radical (unpaired) electrons. The number of hydrogen-bond acceptors (Lipinski definition) is 2. The smallest absolute Gasteiger partial charge is 0.0686 e. The predicted molar refractivity (Wildman–Crippen MR) is 36.1 cm³/mol. The molecule has 0 amide bonds. The van der Waals surface area contributed by atoms with Gasteiger partial charge >= 0.3 is 0 Å². The number of halogens is 1. The highest BCUT2D eigenvalue weighted by Gasteiger charge is 1.92. The Morgan fingerprint density at radius 1 is 1.50 bits per heavy atom. The van der Waals surface area contributed by atoms with Crippen LogP contribution in [0, 0.1) is 0 Å². The zero-order valence-electron chi connectivity index (χ0n) is 4.74. The highest BCUT2D eigenvalue weighted by Crippen LogP contribution is 2.05. The summed E-state index contributed by atoms with van der Waals surface area (Å²) in [6.07, 6.45) is 0. The molecule has 0 bridgehead atoms. The third-order valence-electron chi connectivity index (χ3n) is 0.717. The van der Waals surface area contributed by atoms with Crippen molar-refractivity contribution in [3.63, 3.8) is 0 Å². The van der Waals surface area contributed by atoms with Crippen molar-refractivity contribution in [2.45, 2.75) is 6.92 Å². The van der Waals surface area contributed by atoms with Crippen LogP contribution in [0.15, 0.2) is 23.0 Å². The van der Waals surface area contributed by atoms with Gasteiger partial charge in [0.2, 0.25) is 0 Å². The Balaban J connectivity index is 4.23. The van der Waals surface area contributed by atoms with Crippen molar-refractivity contribution in [1.29, 1.82) is 0 Å². The second-order valence-corrected chi connectivity index (χ2v) is 2.04. The van der Waals surface area contributed by atoms with Crippen molar-refractivity contribution < 1.29 is 0 Å². The molecule has 0 aliphatic carbocycles. The van der Waals surface area contributed by atoms with Gasteiger partial charge in [-0.25, -0.2) is 0 Å². The zero-order chi connectivity index (χ0) is 6.73. The summed E-state index contributed by atoms with van der Waals surface area (Å²) in [5.41, 5.74) is 11.1. The number of allylic oxidation sites excluding steroid dienone is 1. The molecule has 0 atom stereocenters. The molecule has 0 saturated heterocycles. The van der Waals surface area contributed by atoms with E-state index < -0.39 is 0 Å². The molecule has 0 aliphatic rings. The van der Waals surface area contributed by atoms with Crippen molar-refractivity contribution in [2.24, 2.45) is 11.5 Å². The quantitative estimate of drug-likeness (QED) is 0.521. The van der Waals surface area contributed by atoms with Gasteiger partial charge < -0.3 is 11.5 Å². The van der Waals surface area contributed by atoms with E-state index in [0.717, 1.165) is 0 Å². The minimum atomic E-state index is 0.317. The first-order valence-corrected chi connectivity index (χ1v) is 2.50. The lowest BCUT2D eigenvalue weighted by Gasteiger charge is -1.97. The molecular weight excluding hydrogens is 124 g/mol. The molecule has 0 unspecified atom stereocenters. The summed E-state index contributed by atoms with van der Waals surface area (Å²) in [4.78, 5) is 0. The van der Waals surface area contributed by atoms with Gasteiger partial charge in [-0.2, -0.15) is 0 Å². The van der Waals surface area contributed by atoms with Crippen LogP contribution in [0.1, 0.15) is 6.92 Å². The lowest BCUT2D eigenvalue weighted by Crippen LogP contribution is -2.08. The van der Waals surface area contributed by atoms with Crippen LogP contribution < -0.4 is 11.5 Å². The average Bonchev–Trinajstić information content (AvgIpc) is 1.64. The van der Waals surface area contributed by atoms with Crippen molar-refractivity contribution in [3.8, 4) is 0 Å². The van der Waals surface area contributed by atoms with Crippen LogP contribution in [-0.2, 0) is 0 Å². The van der Waals surface area contributed by atoms with Crippen molar-refractivity contribution in [3.05, 3.63) is 23.0 Å². The van der Waals surface area contributed by atoms with Crippen LogP contribution in [0.2, 0.25) is 0 Å². The standard InChI is InChI=1S/C5H9ClN2/c1-3(6)5(8)4(2)7/h2,7-8H2,1H3/b5-3-. The van der Waals surface area contributed by atoms with Gasteiger partial charge in [0, 0.05) is 10.7 Å². The molecule has 0 aromatic carbocycles. The summed E-state index contributed by atoms with van der Waals surface area (Å²) in [6, 6.07) is 0. The fourth-order valence-electron chi connectivity index (χ4n) is 0.221. The molecule has 8 heavy (non-hydrogen) atoms. The topological polar surface area (TPSA) is 52.0 Å². The Morgan fingerprint density at radius 3 is 1.88 bits per heavy atom. The third kappa shape index (κ3) is 1.89. The fraction of sp³-hybridized carbons (Fsp3) is 0.200. The van der Waals surface area contributed by atoms with Crippen LogP contribution in [0.5, 0.6) is 0 Å². The van der Waals surface area contributed by atoms with E-state index in [1.807, 2.05) is 0 Å². The molecule has 46 valence electrons. The molecule has 0 rings (SSSR count). The Kier molecular flexibility index (Phi) is 2.42. The first-order chi connectivity index (χ1) is 3.55. The van der Waals surface area contributed by atoms with E-state index in [-0.39, 0.29) is 0 Å². The maximum absolute atomic E-state index is 5.44. The highest BCUT2D eigenvalue weighted by atomic mass is 35.5. The fourth-order valence-corrected chi connectivity index (χ4v) is 0.343. The third-order valence-corrected chi connectivity index (χ3v) is 0.921. The molecule has 0 aromatic heterocycles. The number of rotatable bonds is 1. The van der Waals surface area contributed by atoms with Gasteiger partial charge in [-0.3, -0.25) is 0 Å². The zero-order valence-corrected chi connectivity index (χ0v) is 5.50. The van der Waals surface area contributed by atoms with Crippen molar-refractivity contribution >= 4 is 11.6 Å². The Morgan fingerprint density at radius 2 is 1.88 bits per heavy atom. The molecule has 0 spiro atoms. The van der Waals surface area contributed by atoms with Crippen molar-refractivity contribution in [1.82, 2.24) is 0 Å². The summed E-state index contributed by atoms with van der Waals surface area (Å²) < 4.78 is 0. The minimum Gasteiger partial charge on any atom is -0.398 e. The first-order valence-electron chi connectivity index (χ1n) is 2.12. The van der Waals surface area contributed by atoms with Gasteiger partial charge in [-0.05, 0) is 6.92 Å². The molecular formula is C5H9ClN2. The molecule has 4 N–H and O–H groups in total. The van der Waals surface area contributed by atoms with E-state index in [9.17, 15) is 0 Å². The number of hydrogen-bond donors (Lipinski definition) is 2. The highest BCUT2D eigenvalue weighted by molar-refractivity contribution is 6.29. The van der Waals surface area contributed by atoms with Crippen LogP contribution in [0.4, 0.5) is 0 Å². The normalized spacial score (nSPS) is 12.8. The van der Waals surface area contributed by atoms with Gasteiger partial charge in [-0.15, -0.1) is 0 Å². The predicted octanol–water partition coefficient (Wildman–Crippen LogP) is 0.888. The Bertz CT molecular complexity index is 133. The van der Waals surface area contributed by atoms with Gasteiger partial charge in [0.25, 0.3) is 0 Å². The first kappa shape index (κ1) is 7.37. The molecule has 3 heteroatoms. The van der Waals surface area contributed by atoms with Gasteiger partial charge in [0.1, 0.15) is 0 Å². The van der Waals surface area contributed by atoms with Crippen LogP contribution in [-0.4, -0.2) is 0 Å². The van der Waals surface area contributed by atoms with Crippen molar-refractivity contribution in [2.75, 3.05) is 0 Å². The molecule has 0 aromatic rings. The maximum atomic E-state index is 5.44. The van der Waals surface area contributed by atoms with E-state index in [2.05, 4.69) is 6.58 Å². The molecule has 0 heterocycles. The summed E-state index contributed by atoms with van der Waals surface area (Å²) in [5, 5.41) is 0.484. The van der Waals surface area contributed by atoms with Gasteiger partial charge in [0.05, 0.1) is 5.70 Å². The number of nitrogens with two attached hydrogens (primary N) is 2. The van der Waals surface area contributed by atoms with E-state index in [4.69, 9.17) is 23.1 Å². The SMILES string of the molecule is C=C(N)/C(N)=C(\C)Cl. The lowest BCUT2D eigenvalue weighted by atomic mass is 10.3. The van der Waals surface area contributed by atoms with E-state index >= 15 is 0 Å². The largest absolute Gasteiger partial charge is 0.398 e. The summed E-state index contributed by atoms with van der Waals surface area (Å²) in [7, 11) is 0. The van der Waals surface area contributed by atoms with E-state index in [1.54, 1.807) is 6.92 Å². The second-order valence-electron chi connectivity index (χ2n) is 1.47. The minimum absolute atomic E-state index is 0.317. The Hall–Kier alpha value is -0.630. The summed E-state index contributed by atoms with van der Waals surface area (Å²) >= 11 is 5.44.